The van der Waals surface area contributed by atoms with Crippen LogP contribution in [0.15, 0.2) is 23.8 Å². The third kappa shape index (κ3) is 2.98. The summed E-state index contributed by atoms with van der Waals surface area (Å²) in [5.74, 6) is 0. The van der Waals surface area contributed by atoms with Gasteiger partial charge < -0.3 is 0 Å². The van der Waals surface area contributed by atoms with E-state index in [1.54, 1.807) is 6.08 Å². The second kappa shape index (κ2) is 4.99. The van der Waals surface area contributed by atoms with Crippen LogP contribution in [0.3, 0.4) is 0 Å². The third-order valence-electron chi connectivity index (χ3n) is 2.04. The summed E-state index contributed by atoms with van der Waals surface area (Å²) in [7, 11) is -2.04. The number of hydrogen-bond donors (Lipinski definition) is 0. The Balaban J connectivity index is 2.82. The van der Waals surface area contributed by atoms with Crippen molar-refractivity contribution in [1.82, 2.24) is 0 Å². The molecule has 1 aliphatic rings. The van der Waals surface area contributed by atoms with Gasteiger partial charge in [-0.05, 0) is 0 Å². The van der Waals surface area contributed by atoms with E-state index in [4.69, 9.17) is 0 Å². The SMILES string of the molecule is C[Te]C(C)C1=CCC(=S(=O)=O)C=C1. The Morgan fingerprint density at radius 1 is 1.46 bits per heavy atom. The van der Waals surface area contributed by atoms with Gasteiger partial charge >= 0.3 is 90.6 Å². The Morgan fingerprint density at radius 3 is 2.54 bits per heavy atom. The molecule has 1 aliphatic carbocycles. The van der Waals surface area contributed by atoms with Crippen LogP contribution in [0.4, 0.5) is 0 Å². The predicted octanol–water partition coefficient (Wildman–Crippen LogP) is 1.48. The van der Waals surface area contributed by atoms with E-state index in [1.165, 1.54) is 5.57 Å². The van der Waals surface area contributed by atoms with Crippen molar-refractivity contribution in [2.45, 2.75) is 22.3 Å². The molecule has 0 amide bonds. The molecule has 0 aromatic rings. The molecule has 1 rings (SSSR count). The van der Waals surface area contributed by atoms with E-state index in [9.17, 15) is 8.42 Å². The van der Waals surface area contributed by atoms with Crippen LogP contribution in [0.2, 0.25) is 8.94 Å². The van der Waals surface area contributed by atoms with Crippen molar-refractivity contribution in [2.75, 3.05) is 0 Å². The van der Waals surface area contributed by atoms with Crippen molar-refractivity contribution >= 4 is 36.1 Å². The normalized spacial score (nSPS) is 18.3. The van der Waals surface area contributed by atoms with Crippen molar-refractivity contribution in [2.24, 2.45) is 0 Å². The summed E-state index contributed by atoms with van der Waals surface area (Å²) in [5, 5.41) is 0. The molecule has 0 spiro atoms. The van der Waals surface area contributed by atoms with E-state index < -0.39 is 10.3 Å². The van der Waals surface area contributed by atoms with Crippen LogP contribution in [-0.2, 0) is 10.3 Å². The van der Waals surface area contributed by atoms with Gasteiger partial charge in [-0.25, -0.2) is 0 Å². The summed E-state index contributed by atoms with van der Waals surface area (Å²) in [6.45, 7) is 2.21. The predicted molar refractivity (Wildman–Crippen MR) is 56.8 cm³/mol. The van der Waals surface area contributed by atoms with E-state index in [0.29, 0.717) is 15.3 Å². The van der Waals surface area contributed by atoms with Crippen molar-refractivity contribution < 1.29 is 8.42 Å². The summed E-state index contributed by atoms with van der Waals surface area (Å²) in [6, 6.07) is 0. The molecule has 0 bridgehead atoms. The number of allylic oxidation sites excluding steroid dienone is 4. The quantitative estimate of drug-likeness (QED) is 0.572. The molecule has 0 radical (unpaired) electrons. The molecule has 0 fully saturated rings. The number of rotatable bonds is 2. The van der Waals surface area contributed by atoms with E-state index in [1.807, 2.05) is 12.2 Å². The first-order valence-corrected chi connectivity index (χ1v) is 8.76. The maximum atomic E-state index is 10.6. The molecule has 4 heteroatoms. The minimum atomic E-state index is -2.04. The van der Waals surface area contributed by atoms with Gasteiger partial charge in [0.25, 0.3) is 0 Å². The van der Waals surface area contributed by atoms with Gasteiger partial charge in [-0.1, -0.05) is 0 Å². The molecule has 0 aromatic carbocycles. The Kier molecular flexibility index (Phi) is 4.24. The molecular formula is C9H12O2STe. The fourth-order valence-corrected chi connectivity index (χ4v) is 2.78. The van der Waals surface area contributed by atoms with Gasteiger partial charge in [0.2, 0.25) is 0 Å². The molecule has 1 atom stereocenters. The molecule has 0 saturated carbocycles. The van der Waals surface area contributed by atoms with Crippen LogP contribution in [0.25, 0.3) is 0 Å². The maximum absolute atomic E-state index is 10.6. The molecular weight excluding hydrogens is 300 g/mol. The Labute approximate surface area is 90.3 Å². The van der Waals surface area contributed by atoms with Gasteiger partial charge in [-0.2, -0.15) is 0 Å². The van der Waals surface area contributed by atoms with E-state index >= 15 is 0 Å². The third-order valence-corrected chi connectivity index (χ3v) is 5.56. The van der Waals surface area contributed by atoms with Gasteiger partial charge in [0.05, 0.1) is 0 Å². The van der Waals surface area contributed by atoms with Crippen LogP contribution in [0.5, 0.6) is 0 Å². The van der Waals surface area contributed by atoms with E-state index in [2.05, 4.69) is 11.9 Å². The van der Waals surface area contributed by atoms with E-state index in [-0.39, 0.29) is 20.9 Å². The monoisotopic (exact) mass is 314 g/mol. The summed E-state index contributed by atoms with van der Waals surface area (Å²) < 4.78 is 21.8. The van der Waals surface area contributed by atoms with Crippen molar-refractivity contribution in [3.63, 3.8) is 0 Å². The van der Waals surface area contributed by atoms with Crippen LogP contribution in [0, 0.1) is 0 Å². The van der Waals surface area contributed by atoms with Crippen LogP contribution >= 0.6 is 0 Å². The van der Waals surface area contributed by atoms with Crippen LogP contribution < -0.4 is 0 Å². The molecule has 0 aromatic heterocycles. The summed E-state index contributed by atoms with van der Waals surface area (Å²) in [5.41, 5.74) is 1.30. The van der Waals surface area contributed by atoms with Crippen molar-refractivity contribution in [1.29, 1.82) is 0 Å². The summed E-state index contributed by atoms with van der Waals surface area (Å²) in [4.78, 5) is 2.75. The van der Waals surface area contributed by atoms with Crippen molar-refractivity contribution in [3.05, 3.63) is 23.8 Å². The molecule has 0 heterocycles. The zero-order chi connectivity index (χ0) is 9.84. The topological polar surface area (TPSA) is 34.1 Å². The van der Waals surface area contributed by atoms with Crippen molar-refractivity contribution in [3.8, 4) is 0 Å². The van der Waals surface area contributed by atoms with Gasteiger partial charge in [0, 0.05) is 0 Å². The van der Waals surface area contributed by atoms with Gasteiger partial charge in [-0.3, -0.25) is 0 Å². The zero-order valence-corrected chi connectivity index (χ0v) is 10.8. The fraction of sp³-hybridized carbons (Fsp3) is 0.444. The molecule has 72 valence electrons. The zero-order valence-electron chi connectivity index (χ0n) is 7.65. The Hall–Kier alpha value is -0.0404. The molecule has 0 saturated heterocycles. The van der Waals surface area contributed by atoms with Crippen LogP contribution in [-0.4, -0.2) is 34.2 Å². The second-order valence-corrected chi connectivity index (χ2v) is 7.18. The number of hydrogen-bond acceptors (Lipinski definition) is 2. The standard InChI is InChI=1S/C9H12O2STe/c1-7(13-2)8-3-5-9(6-4-8)12(10)11/h3-5,7H,6H2,1-2H3. The fourth-order valence-electron chi connectivity index (χ4n) is 1.10. The Morgan fingerprint density at radius 2 is 2.15 bits per heavy atom. The molecule has 2 nitrogen and oxygen atoms in total. The molecule has 0 aliphatic heterocycles. The van der Waals surface area contributed by atoms with Gasteiger partial charge in [0.15, 0.2) is 0 Å². The summed E-state index contributed by atoms with van der Waals surface area (Å²) in [6.07, 6.45) is 6.26. The first kappa shape index (κ1) is 11.0. The molecule has 0 N–H and O–H groups in total. The molecule has 13 heavy (non-hydrogen) atoms. The van der Waals surface area contributed by atoms with Gasteiger partial charge in [0.1, 0.15) is 0 Å². The van der Waals surface area contributed by atoms with E-state index in [0.717, 1.165) is 0 Å². The minimum absolute atomic E-state index is 0.0458. The average Bonchev–Trinajstić information content (AvgIpc) is 2.17. The molecule has 1 unspecified atom stereocenters. The first-order valence-electron chi connectivity index (χ1n) is 4.01. The van der Waals surface area contributed by atoms with Crippen LogP contribution in [0.1, 0.15) is 13.3 Å². The average molecular weight is 312 g/mol. The first-order chi connectivity index (χ1) is 6.15. The van der Waals surface area contributed by atoms with Gasteiger partial charge in [-0.15, -0.1) is 0 Å². The second-order valence-electron chi connectivity index (χ2n) is 2.82. The summed E-state index contributed by atoms with van der Waals surface area (Å²) >= 11 is 0.0458. The Bertz CT molecular complexity index is 368.